The van der Waals surface area contributed by atoms with Gasteiger partial charge in [0.1, 0.15) is 0 Å². The van der Waals surface area contributed by atoms with Crippen molar-refractivity contribution in [3.63, 3.8) is 0 Å². The summed E-state index contributed by atoms with van der Waals surface area (Å²) in [5, 5.41) is 0. The van der Waals surface area contributed by atoms with E-state index in [0.717, 1.165) is 183 Å². The van der Waals surface area contributed by atoms with Gasteiger partial charge in [-0.1, -0.05) is 471 Å². The molecule has 0 nitrogen and oxygen atoms in total. The van der Waals surface area contributed by atoms with Gasteiger partial charge < -0.3 is 0 Å². The molecule has 0 heterocycles. The number of rotatable bonds is 18. The molecule has 0 N–H and O–H groups in total. The van der Waals surface area contributed by atoms with Gasteiger partial charge in [-0.3, -0.25) is 0 Å². The topological polar surface area (TPSA) is 0 Å². The summed E-state index contributed by atoms with van der Waals surface area (Å²) in [7, 11) is 0. The molecule has 0 unspecified atom stereocenters. The van der Waals surface area contributed by atoms with Crippen LogP contribution in [0.25, 0.3) is 167 Å². The fraction of sp³-hybridized carbons (Fsp3) is 0. The van der Waals surface area contributed by atoms with Crippen molar-refractivity contribution in [1.82, 2.24) is 0 Å². The van der Waals surface area contributed by atoms with Crippen molar-refractivity contribution < 1.29 is 0 Å². The van der Waals surface area contributed by atoms with Gasteiger partial charge in [0.15, 0.2) is 0 Å². The van der Waals surface area contributed by atoms with Gasteiger partial charge in [-0.2, -0.15) is 0 Å². The third-order valence-corrected chi connectivity index (χ3v) is 21.4. The van der Waals surface area contributed by atoms with E-state index >= 15 is 0 Å². The highest BCUT2D eigenvalue weighted by atomic mass is 14.4. The third-order valence-electron chi connectivity index (χ3n) is 21.4. The van der Waals surface area contributed by atoms with Gasteiger partial charge in [-0.15, -0.1) is 0 Å². The van der Waals surface area contributed by atoms with Crippen LogP contribution >= 0.6 is 0 Å². The molecule has 0 aliphatic rings. The first-order valence-corrected chi connectivity index (χ1v) is 37.8. The standard InChI is InChI=1S/C108H75B/c1-16-46-76(47-17-1)91-94(79-52-22-4-23-53-79)100(85-64-34-10-35-65-85)106(101(86-66-36-11-37-67-86)95(91)80-54-24-5-25-55-80)109(107-102(87-68-38-12-39-69-87)96(81-56-26-6-27-57-81)92(77-48-18-2-19-49-77)97(82-58-28-7-29-59-82)103(107)88-70-40-13-41-71-88)108-104(89-72-42-14-43-73-89)98(83-60-30-8-31-61-83)93(78-50-20-3-21-51-78)99(84-62-32-9-33-63-84)105(108)90-74-44-15-45-75-90/h1-75H. The lowest BCUT2D eigenvalue weighted by atomic mass is 9.30. The molecule has 0 atom stereocenters. The lowest BCUT2D eigenvalue weighted by Crippen LogP contribution is -2.57. The molecule has 1 heteroatoms. The van der Waals surface area contributed by atoms with Crippen LogP contribution in [0.3, 0.4) is 0 Å². The van der Waals surface area contributed by atoms with E-state index in [-0.39, 0.29) is 0 Å². The van der Waals surface area contributed by atoms with Crippen LogP contribution in [-0.4, -0.2) is 6.71 Å². The Kier molecular flexibility index (Phi) is 18.8. The van der Waals surface area contributed by atoms with Gasteiger partial charge >= 0.3 is 0 Å². The van der Waals surface area contributed by atoms with Gasteiger partial charge in [0.2, 0.25) is 6.71 Å². The molecule has 18 aromatic carbocycles. The minimum absolute atomic E-state index is 0.777. The van der Waals surface area contributed by atoms with Crippen molar-refractivity contribution in [2.45, 2.75) is 0 Å². The van der Waals surface area contributed by atoms with Crippen LogP contribution in [0.5, 0.6) is 0 Å². The predicted molar refractivity (Wildman–Crippen MR) is 466 cm³/mol. The van der Waals surface area contributed by atoms with Crippen molar-refractivity contribution in [1.29, 1.82) is 0 Å². The molecule has 109 heavy (non-hydrogen) atoms. The van der Waals surface area contributed by atoms with E-state index in [9.17, 15) is 0 Å². The van der Waals surface area contributed by atoms with Crippen LogP contribution in [0.1, 0.15) is 0 Å². The Labute approximate surface area is 640 Å². The fourth-order valence-electron chi connectivity index (χ4n) is 17.1. The van der Waals surface area contributed by atoms with E-state index in [0.29, 0.717) is 0 Å². The SMILES string of the molecule is c1ccc(-c2c(B(c3c(-c4ccccc4)c(-c4ccccc4)c(-c4ccccc4)c(-c4ccccc4)c3-c3ccccc3)c3c(-c4ccccc4)c(-c4ccccc4)c(-c4ccccc4)c(-c4ccccc4)c3-c3ccccc3)c(-c3ccccc3)c(-c3ccccc3)c(-c3ccccc3)c2-c2ccccc2)cc1. The van der Waals surface area contributed by atoms with Crippen molar-refractivity contribution in [3.8, 4) is 167 Å². The lowest BCUT2D eigenvalue weighted by Gasteiger charge is -2.38. The van der Waals surface area contributed by atoms with E-state index in [1.165, 1.54) is 0 Å². The Bertz CT molecular complexity index is 5210. The first-order chi connectivity index (χ1) is 54.2. The molecule has 0 radical (unpaired) electrons. The summed E-state index contributed by atoms with van der Waals surface area (Å²) in [5.74, 6) is 0. The monoisotopic (exact) mass is 1380 g/mol. The first-order valence-electron chi connectivity index (χ1n) is 37.8. The normalized spacial score (nSPS) is 11.1. The Balaban J connectivity index is 1.27. The molecule has 0 aromatic heterocycles. The average Bonchev–Trinajstić information content (AvgIpc) is 0.686. The van der Waals surface area contributed by atoms with Crippen molar-refractivity contribution in [3.05, 3.63) is 455 Å². The third kappa shape index (κ3) is 12.7. The minimum Gasteiger partial charge on any atom is -0.0622 e. The van der Waals surface area contributed by atoms with Crippen molar-refractivity contribution in [2.75, 3.05) is 0 Å². The molecule has 0 saturated carbocycles. The van der Waals surface area contributed by atoms with Crippen LogP contribution in [-0.2, 0) is 0 Å². The van der Waals surface area contributed by atoms with E-state index in [2.05, 4.69) is 455 Å². The summed E-state index contributed by atoms with van der Waals surface area (Å²) in [4.78, 5) is 0. The maximum atomic E-state index is 2.38. The largest absolute Gasteiger partial charge is 0.246 e. The molecular formula is C108H75B. The van der Waals surface area contributed by atoms with Crippen LogP contribution < -0.4 is 16.4 Å². The zero-order chi connectivity index (χ0) is 72.7. The highest BCUT2D eigenvalue weighted by Crippen LogP contribution is 2.56. The molecule has 18 rings (SSSR count). The zero-order valence-electron chi connectivity index (χ0n) is 60.4. The fourth-order valence-corrected chi connectivity index (χ4v) is 17.1. The van der Waals surface area contributed by atoms with Crippen molar-refractivity contribution >= 4 is 23.1 Å². The Hall–Kier alpha value is -14.0. The summed E-state index contributed by atoms with van der Waals surface area (Å²) >= 11 is 0. The number of hydrogen-bond acceptors (Lipinski definition) is 0. The molecule has 0 saturated heterocycles. The molecule has 0 aliphatic carbocycles. The van der Waals surface area contributed by atoms with Gasteiger partial charge in [0, 0.05) is 0 Å². The Morgan fingerprint density at radius 3 is 0.248 bits per heavy atom. The van der Waals surface area contributed by atoms with Gasteiger partial charge in [0.05, 0.1) is 0 Å². The second-order valence-electron chi connectivity index (χ2n) is 27.8. The second-order valence-corrected chi connectivity index (χ2v) is 27.8. The molecule has 0 fully saturated rings. The predicted octanol–water partition coefficient (Wildman–Crippen LogP) is 27.2. The minimum atomic E-state index is -0.777. The molecule has 0 spiro atoms. The van der Waals surface area contributed by atoms with Crippen LogP contribution in [0, 0.1) is 0 Å². The Morgan fingerprint density at radius 2 is 0.156 bits per heavy atom. The molecule has 0 bridgehead atoms. The number of hydrogen-bond donors (Lipinski definition) is 0. The summed E-state index contributed by atoms with van der Waals surface area (Å²) < 4.78 is 0. The molecule has 18 aromatic rings. The van der Waals surface area contributed by atoms with E-state index in [4.69, 9.17) is 0 Å². The van der Waals surface area contributed by atoms with Gasteiger partial charge in [-0.25, -0.2) is 0 Å². The Morgan fingerprint density at radius 1 is 0.0826 bits per heavy atom. The molecule has 0 amide bonds. The second kappa shape index (κ2) is 30.6. The van der Waals surface area contributed by atoms with E-state index < -0.39 is 6.71 Å². The summed E-state index contributed by atoms with van der Waals surface area (Å²) in [6.45, 7) is -0.777. The maximum absolute atomic E-state index is 2.38. The average molecular weight is 1380 g/mol. The van der Waals surface area contributed by atoms with Crippen LogP contribution in [0.2, 0.25) is 0 Å². The smallest absolute Gasteiger partial charge is 0.0622 e. The van der Waals surface area contributed by atoms with E-state index in [1.807, 2.05) is 0 Å². The summed E-state index contributed by atoms with van der Waals surface area (Å²) in [5.41, 5.74) is 36.7. The zero-order valence-corrected chi connectivity index (χ0v) is 60.4. The maximum Gasteiger partial charge on any atom is 0.246 e. The van der Waals surface area contributed by atoms with Crippen molar-refractivity contribution in [2.24, 2.45) is 0 Å². The number of benzene rings is 18. The van der Waals surface area contributed by atoms with Gasteiger partial charge in [0.25, 0.3) is 0 Å². The van der Waals surface area contributed by atoms with E-state index in [1.54, 1.807) is 0 Å². The van der Waals surface area contributed by atoms with Crippen LogP contribution in [0.15, 0.2) is 455 Å². The van der Waals surface area contributed by atoms with Gasteiger partial charge in [-0.05, 0) is 167 Å². The summed E-state index contributed by atoms with van der Waals surface area (Å²) in [6, 6.07) is 170. The highest BCUT2D eigenvalue weighted by Gasteiger charge is 2.44. The molecular weight excluding hydrogens is 1310 g/mol. The summed E-state index contributed by atoms with van der Waals surface area (Å²) in [6.07, 6.45) is 0. The first kappa shape index (κ1) is 66.9. The highest BCUT2D eigenvalue weighted by molar-refractivity contribution is 7.01. The van der Waals surface area contributed by atoms with Crippen LogP contribution in [0.4, 0.5) is 0 Å². The quantitative estimate of drug-likeness (QED) is 0.0751. The lowest BCUT2D eigenvalue weighted by molar-refractivity contribution is 1.53. The molecule has 0 aliphatic heterocycles. The molecule has 510 valence electrons.